The Labute approximate surface area is 408 Å². The second kappa shape index (κ2) is 30.2. The number of nitrogens with zero attached hydrogens (tertiary/aromatic N) is 3. The summed E-state index contributed by atoms with van der Waals surface area (Å²) in [7, 11) is -12.8. The predicted molar refractivity (Wildman–Crippen MR) is 247 cm³/mol. The zero-order valence-corrected chi connectivity index (χ0v) is 42.2. The maximum Gasteiger partial charge on any atom is 0.490 e. The molecule has 1 fully saturated rings. The number of Topliss-reactive ketones (excluding diaryl/α,β-unsaturated/α-hetero) is 2. The first-order chi connectivity index (χ1) is 32.6. The highest BCUT2D eigenvalue weighted by Crippen LogP contribution is 2.66. The highest BCUT2D eigenvalue weighted by Gasteiger charge is 2.43. The van der Waals surface area contributed by atoms with E-state index in [1.807, 2.05) is 0 Å². The van der Waals surface area contributed by atoms with Gasteiger partial charge in [-0.3, -0.25) is 37.9 Å². The number of hydrogen-bond donors (Lipinski definition) is 10. The molecule has 0 saturated carbocycles. The molecule has 2 heterocycles. The fraction of sp³-hybridized carbons (Fsp3) is 0.676. The lowest BCUT2D eigenvalue weighted by Gasteiger charge is -2.23. The van der Waals surface area contributed by atoms with Crippen LogP contribution in [-0.4, -0.2) is 141 Å². The standard InChI is InChI=1S/C37H57N6O22P3S2/c1-3-23(36(51)52)18-28(45)27(19-33(48)49)40-35(50)26(39-31(47)13-5-4-8-15-42(2)54)12-9-16-69-70-17-14-25(44)11-7-6-10-24-21-43(37(53)41-34(24)38)32-20-29(46)30(63-32)22-62-67(58,59)65-68(60,61)64-66(55,56)57/h21,23,26-27,29-30,32,46H,3-5,7-9,11-20,22H2,1-2H3,(H9-,38,39,40,41,47,48,49,50,51,52,53,55,56,57,58,59,60,61)/p+1/t23?,26?,27?,29?,30-,32-/m1/s1. The van der Waals surface area contributed by atoms with Crippen molar-refractivity contribution in [3.05, 3.63) is 27.2 Å². The number of aliphatic hydroxyl groups excluding tert-OH is 1. The van der Waals surface area contributed by atoms with Gasteiger partial charge in [-0.25, -0.2) is 18.5 Å². The molecule has 6 unspecified atom stereocenters. The molecule has 394 valence electrons. The van der Waals surface area contributed by atoms with Crippen LogP contribution in [0.2, 0.25) is 0 Å². The number of unbranched alkanes of at least 4 members (excludes halogenated alkanes) is 2. The van der Waals surface area contributed by atoms with E-state index >= 15 is 0 Å². The van der Waals surface area contributed by atoms with Crippen molar-refractivity contribution in [2.75, 3.05) is 37.4 Å². The van der Waals surface area contributed by atoms with Crippen LogP contribution < -0.4 is 22.1 Å². The number of nitrogens with one attached hydrogen (secondary N) is 2. The van der Waals surface area contributed by atoms with Crippen LogP contribution in [0, 0.1) is 22.7 Å². The molecule has 11 N–H and O–H groups in total. The first-order valence-corrected chi connectivity index (χ1v) is 28.3. The average Bonchev–Trinajstić information content (AvgIpc) is 3.60. The quantitative estimate of drug-likeness (QED) is 0.0154. The molecule has 0 bridgehead atoms. The van der Waals surface area contributed by atoms with Crippen LogP contribution in [0.15, 0.2) is 11.0 Å². The van der Waals surface area contributed by atoms with Crippen molar-refractivity contribution in [3.63, 3.8) is 0 Å². The third kappa shape index (κ3) is 25.0. The number of aliphatic carboxylic acids is 2. The highest BCUT2D eigenvalue weighted by molar-refractivity contribution is 8.76. The van der Waals surface area contributed by atoms with Crippen molar-refractivity contribution in [2.45, 2.75) is 121 Å². The van der Waals surface area contributed by atoms with Gasteiger partial charge < -0.3 is 56.0 Å². The molecule has 33 heteroatoms. The van der Waals surface area contributed by atoms with Crippen molar-refractivity contribution in [1.29, 1.82) is 0 Å². The van der Waals surface area contributed by atoms with Gasteiger partial charge in [-0.1, -0.05) is 40.4 Å². The minimum absolute atomic E-state index is 0.0401. The number of ketones is 2. The number of ether oxygens (including phenoxy) is 1. The summed E-state index contributed by atoms with van der Waals surface area (Å²) in [5.41, 5.74) is 4.97. The fourth-order valence-corrected chi connectivity index (χ4v) is 11.4. The van der Waals surface area contributed by atoms with Crippen molar-refractivity contribution >= 4 is 86.2 Å². The average molecular weight is 1100 g/mol. The molecule has 28 nitrogen and oxygen atoms in total. The monoisotopic (exact) mass is 1100 g/mol. The molecule has 1 saturated heterocycles. The Morgan fingerprint density at radius 1 is 0.957 bits per heavy atom. The van der Waals surface area contributed by atoms with Gasteiger partial charge in [0, 0.05) is 67.6 Å². The highest BCUT2D eigenvalue weighted by atomic mass is 33.1. The van der Waals surface area contributed by atoms with Crippen LogP contribution >= 0.6 is 45.1 Å². The number of phosphoric ester groups is 1. The smallest absolute Gasteiger partial charge is 0.481 e. The molecule has 0 aliphatic carbocycles. The van der Waals surface area contributed by atoms with Crippen LogP contribution in [0.1, 0.15) is 102 Å². The molecule has 2 rings (SSSR count). The topological polar surface area (TPSA) is 437 Å². The lowest BCUT2D eigenvalue weighted by molar-refractivity contribution is -0.519. The Balaban J connectivity index is 1.91. The number of anilines is 1. The normalized spacial score (nSPS) is 18.8. The second-order valence-electron chi connectivity index (χ2n) is 15.5. The maximum atomic E-state index is 13.4. The molecule has 1 aliphatic heterocycles. The molecule has 8 atom stereocenters. The number of phosphoric acid groups is 3. The number of nitroso groups, excluding NO2 is 1. The zero-order chi connectivity index (χ0) is 52.8. The number of carboxylic acid groups (broad SMARTS) is 2. The summed E-state index contributed by atoms with van der Waals surface area (Å²) < 4.78 is 53.4. The summed E-state index contributed by atoms with van der Waals surface area (Å²) in [5.74, 6) is 0.140. The SMILES string of the molecule is CCC(CC(=O)C(CC(=O)O)NC(=O)C(CCCSSCCC(=O)CCC#Cc1cn([C@H]2CC(O)[C@@H](COP(=O)(O)OP(=O)(O)OP(=O)(O)O)O2)c(=O)nc1N)NC(=O)CCCCC[N+](C)=O)C(=O)O. The van der Waals surface area contributed by atoms with E-state index in [0.29, 0.717) is 37.2 Å². The van der Waals surface area contributed by atoms with Gasteiger partial charge >= 0.3 is 41.1 Å². The van der Waals surface area contributed by atoms with Crippen LogP contribution in [0.25, 0.3) is 0 Å². The number of aromatic nitrogens is 2. The van der Waals surface area contributed by atoms with Crippen LogP contribution in [0.5, 0.6) is 0 Å². The number of aliphatic hydroxyl groups is 1. The van der Waals surface area contributed by atoms with Crippen LogP contribution in [-0.2, 0) is 60.3 Å². The molecule has 1 aromatic rings. The Morgan fingerprint density at radius 2 is 1.64 bits per heavy atom. The number of hydrogen-bond acceptors (Lipinski definition) is 20. The minimum Gasteiger partial charge on any atom is -0.481 e. The molecule has 0 aromatic carbocycles. The Hall–Kier alpha value is -3.91. The van der Waals surface area contributed by atoms with Gasteiger partial charge in [0.25, 0.3) is 0 Å². The van der Waals surface area contributed by atoms with Crippen LogP contribution in [0.3, 0.4) is 0 Å². The van der Waals surface area contributed by atoms with Crippen LogP contribution in [0.4, 0.5) is 5.82 Å². The van der Waals surface area contributed by atoms with Gasteiger partial charge in [-0.05, 0) is 36.9 Å². The number of carboxylic acids is 2. The molecule has 0 radical (unpaired) electrons. The minimum atomic E-state index is -5.80. The van der Waals surface area contributed by atoms with Crippen molar-refractivity contribution < 1.29 is 100.0 Å². The summed E-state index contributed by atoms with van der Waals surface area (Å²) in [6.07, 6.45) is -2.10. The molecule has 70 heavy (non-hydrogen) atoms. The molecule has 1 aromatic heterocycles. The van der Waals surface area contributed by atoms with E-state index in [2.05, 4.69) is 40.6 Å². The molecule has 1 aliphatic rings. The first-order valence-electron chi connectivity index (χ1n) is 21.3. The molecule has 0 spiro atoms. The first kappa shape index (κ1) is 62.2. The summed E-state index contributed by atoms with van der Waals surface area (Å²) in [4.78, 5) is 139. The summed E-state index contributed by atoms with van der Waals surface area (Å²) in [5, 5.41) is 34.2. The van der Waals surface area contributed by atoms with Crippen molar-refractivity contribution in [3.8, 4) is 11.8 Å². The lowest BCUT2D eigenvalue weighted by Crippen LogP contribution is -2.52. The number of nitrogens with two attached hydrogens (primary N) is 1. The Morgan fingerprint density at radius 3 is 2.27 bits per heavy atom. The summed E-state index contributed by atoms with van der Waals surface area (Å²) in [6, 6.07) is -2.69. The third-order valence-electron chi connectivity index (χ3n) is 9.74. The van der Waals surface area contributed by atoms with E-state index in [1.165, 1.54) is 34.8 Å². The third-order valence-corrected chi connectivity index (χ3v) is 16.0. The molecule has 2 amide bonds. The van der Waals surface area contributed by atoms with Gasteiger partial charge in [0.2, 0.25) is 11.8 Å². The fourth-order valence-electron chi connectivity index (χ4n) is 6.21. The summed E-state index contributed by atoms with van der Waals surface area (Å²) in [6.45, 7) is 0.861. The van der Waals surface area contributed by atoms with E-state index in [1.54, 1.807) is 6.92 Å². The van der Waals surface area contributed by atoms with Crippen molar-refractivity contribution in [1.82, 2.24) is 20.2 Å². The van der Waals surface area contributed by atoms with E-state index < -0.39 is 115 Å². The number of amides is 2. The van der Waals surface area contributed by atoms with E-state index in [-0.39, 0.29) is 68.7 Å². The predicted octanol–water partition coefficient (Wildman–Crippen LogP) is 1.55. The summed E-state index contributed by atoms with van der Waals surface area (Å²) >= 11 is 0. The number of carbonyl (C=O) groups excluding carboxylic acids is 4. The van der Waals surface area contributed by atoms with Crippen molar-refractivity contribution in [2.24, 2.45) is 5.92 Å². The Kier molecular flexibility index (Phi) is 26.8. The number of carbonyl (C=O) groups is 6. The maximum absolute atomic E-state index is 13.4. The van der Waals surface area contributed by atoms with Gasteiger partial charge in [0.15, 0.2) is 19.4 Å². The van der Waals surface area contributed by atoms with Gasteiger partial charge in [-0.2, -0.15) is 13.6 Å². The van der Waals surface area contributed by atoms with E-state index in [0.717, 1.165) is 9.33 Å². The van der Waals surface area contributed by atoms with E-state index in [4.69, 9.17) is 20.3 Å². The Bertz CT molecular complexity index is 2290. The molecular formula is C37H58N6O22P3S2+. The number of nitrogen functional groups attached to an aromatic ring is 1. The molecular weight excluding hydrogens is 1040 g/mol. The lowest BCUT2D eigenvalue weighted by atomic mass is 9.94. The van der Waals surface area contributed by atoms with Gasteiger partial charge in [-0.15, -0.1) is 0 Å². The van der Waals surface area contributed by atoms with Gasteiger partial charge in [0.1, 0.15) is 30.0 Å². The largest absolute Gasteiger partial charge is 0.490 e. The van der Waals surface area contributed by atoms with E-state index in [9.17, 15) is 77.3 Å². The van der Waals surface area contributed by atoms with Gasteiger partial charge in [0.05, 0.1) is 36.7 Å². The zero-order valence-electron chi connectivity index (χ0n) is 37.9. The number of rotatable bonds is 34. The second-order valence-corrected chi connectivity index (χ2v) is 22.6.